The Labute approximate surface area is 146 Å². The molecule has 132 valence electrons. The summed E-state index contributed by atoms with van der Waals surface area (Å²) >= 11 is 0. The number of fused-ring (bicyclic) bond motifs is 1. The lowest BCUT2D eigenvalue weighted by molar-refractivity contribution is -0.131. The normalized spacial score (nSPS) is 18.9. The number of pyridine rings is 1. The molecule has 25 heavy (non-hydrogen) atoms. The van der Waals surface area contributed by atoms with Gasteiger partial charge >= 0.3 is 0 Å². The van der Waals surface area contributed by atoms with Crippen LogP contribution in [-0.4, -0.2) is 70.9 Å². The zero-order valence-corrected chi connectivity index (χ0v) is 14.3. The van der Waals surface area contributed by atoms with Crippen LogP contribution in [-0.2, 0) is 4.79 Å². The summed E-state index contributed by atoms with van der Waals surface area (Å²) < 4.78 is 1.55. The number of anilines is 1. The van der Waals surface area contributed by atoms with E-state index in [9.17, 15) is 9.59 Å². The molecule has 2 saturated heterocycles. The first-order valence-electron chi connectivity index (χ1n) is 8.94. The monoisotopic (exact) mass is 341 g/mol. The molecule has 0 unspecified atom stereocenters. The minimum atomic E-state index is -0.0627. The molecule has 0 radical (unpaired) electrons. The Morgan fingerprint density at radius 1 is 1.04 bits per heavy atom. The van der Waals surface area contributed by atoms with Crippen molar-refractivity contribution in [2.75, 3.05) is 50.7 Å². The van der Waals surface area contributed by atoms with E-state index in [0.29, 0.717) is 12.2 Å². The molecule has 0 saturated carbocycles. The van der Waals surface area contributed by atoms with E-state index >= 15 is 0 Å². The van der Waals surface area contributed by atoms with Crippen LogP contribution in [0.3, 0.4) is 0 Å². The summed E-state index contributed by atoms with van der Waals surface area (Å²) in [4.78, 5) is 35.4. The topological polar surface area (TPSA) is 61.2 Å². The second kappa shape index (κ2) is 6.84. The average Bonchev–Trinajstić information content (AvgIpc) is 3.17. The molecule has 2 aromatic heterocycles. The lowest BCUT2D eigenvalue weighted by Gasteiger charge is -2.35. The molecule has 7 heteroatoms. The van der Waals surface area contributed by atoms with E-state index in [-0.39, 0.29) is 11.5 Å². The second-order valence-electron chi connectivity index (χ2n) is 6.73. The third kappa shape index (κ3) is 3.37. The molecule has 0 aromatic carbocycles. The Kier molecular flexibility index (Phi) is 4.40. The first kappa shape index (κ1) is 16.1. The van der Waals surface area contributed by atoms with Crippen LogP contribution in [0.25, 0.3) is 5.65 Å². The van der Waals surface area contributed by atoms with Gasteiger partial charge in [-0.15, -0.1) is 0 Å². The Morgan fingerprint density at radius 3 is 2.56 bits per heavy atom. The molecule has 0 atom stereocenters. The van der Waals surface area contributed by atoms with Crippen LogP contribution in [0.1, 0.15) is 12.8 Å². The lowest BCUT2D eigenvalue weighted by atomic mass is 10.3. The van der Waals surface area contributed by atoms with Crippen molar-refractivity contribution in [2.45, 2.75) is 12.8 Å². The molecule has 2 aromatic rings. The summed E-state index contributed by atoms with van der Waals surface area (Å²) in [6, 6.07) is 7.15. The van der Waals surface area contributed by atoms with Crippen LogP contribution in [0, 0.1) is 0 Å². The molecular formula is C18H23N5O2. The molecule has 2 aliphatic rings. The van der Waals surface area contributed by atoms with E-state index in [4.69, 9.17) is 0 Å². The number of hydrogen-bond donors (Lipinski definition) is 0. The van der Waals surface area contributed by atoms with Crippen molar-refractivity contribution >= 4 is 17.4 Å². The van der Waals surface area contributed by atoms with E-state index in [1.807, 2.05) is 23.1 Å². The first-order valence-corrected chi connectivity index (χ1v) is 8.94. The summed E-state index contributed by atoms with van der Waals surface area (Å²) in [5.41, 5.74) is 0.601. The number of nitrogens with zero attached hydrogens (tertiary/aromatic N) is 5. The second-order valence-corrected chi connectivity index (χ2v) is 6.73. The maximum absolute atomic E-state index is 12.3. The van der Waals surface area contributed by atoms with Gasteiger partial charge in [-0.3, -0.25) is 18.9 Å². The summed E-state index contributed by atoms with van der Waals surface area (Å²) in [6.07, 6.45) is 3.99. The Balaban J connectivity index is 1.40. The van der Waals surface area contributed by atoms with Gasteiger partial charge in [-0.2, -0.15) is 0 Å². The van der Waals surface area contributed by atoms with Gasteiger partial charge in [0.05, 0.1) is 6.54 Å². The van der Waals surface area contributed by atoms with Crippen molar-refractivity contribution in [1.29, 1.82) is 0 Å². The van der Waals surface area contributed by atoms with Crippen LogP contribution in [0.4, 0.5) is 5.82 Å². The number of hydrogen-bond acceptors (Lipinski definition) is 5. The molecular weight excluding hydrogens is 318 g/mol. The van der Waals surface area contributed by atoms with Gasteiger partial charge in [-0.25, -0.2) is 4.98 Å². The lowest BCUT2D eigenvalue weighted by Crippen LogP contribution is -2.50. The Bertz CT molecular complexity index is 820. The Hall–Kier alpha value is -2.41. The number of aromatic nitrogens is 2. The van der Waals surface area contributed by atoms with Gasteiger partial charge < -0.3 is 9.80 Å². The zero-order valence-electron chi connectivity index (χ0n) is 14.3. The van der Waals surface area contributed by atoms with Crippen molar-refractivity contribution in [3.63, 3.8) is 0 Å². The summed E-state index contributed by atoms with van der Waals surface area (Å²) in [5, 5.41) is 0. The number of amides is 1. The molecule has 0 N–H and O–H groups in total. The van der Waals surface area contributed by atoms with Crippen LogP contribution in [0.2, 0.25) is 0 Å². The number of likely N-dealkylation sites (tertiary alicyclic amines) is 1. The predicted octanol–water partition coefficient (Wildman–Crippen LogP) is 0.439. The molecule has 0 spiro atoms. The van der Waals surface area contributed by atoms with Gasteiger partial charge in [0.1, 0.15) is 11.5 Å². The minimum absolute atomic E-state index is 0.0627. The van der Waals surface area contributed by atoms with Crippen LogP contribution in [0.15, 0.2) is 35.3 Å². The number of carbonyl (C=O) groups is 1. The van der Waals surface area contributed by atoms with Crippen molar-refractivity contribution in [2.24, 2.45) is 0 Å². The molecule has 2 aliphatic heterocycles. The first-order chi connectivity index (χ1) is 12.2. The predicted molar refractivity (Wildman–Crippen MR) is 95.9 cm³/mol. The van der Waals surface area contributed by atoms with Crippen molar-refractivity contribution in [3.8, 4) is 0 Å². The fourth-order valence-corrected chi connectivity index (χ4v) is 3.60. The van der Waals surface area contributed by atoms with Gasteiger partial charge in [0, 0.05) is 51.5 Å². The van der Waals surface area contributed by atoms with Crippen molar-refractivity contribution < 1.29 is 4.79 Å². The molecule has 2 fully saturated rings. The van der Waals surface area contributed by atoms with E-state index in [2.05, 4.69) is 14.8 Å². The fourth-order valence-electron chi connectivity index (χ4n) is 3.60. The highest BCUT2D eigenvalue weighted by Gasteiger charge is 2.24. The Morgan fingerprint density at radius 2 is 1.80 bits per heavy atom. The average molecular weight is 341 g/mol. The number of rotatable bonds is 3. The van der Waals surface area contributed by atoms with Crippen LogP contribution in [0.5, 0.6) is 0 Å². The largest absolute Gasteiger partial charge is 0.354 e. The summed E-state index contributed by atoms with van der Waals surface area (Å²) in [5.74, 6) is 0.967. The number of carbonyl (C=O) groups excluding carboxylic acids is 1. The third-order valence-electron chi connectivity index (χ3n) is 5.07. The van der Waals surface area contributed by atoms with Gasteiger partial charge in [-0.05, 0) is 25.0 Å². The van der Waals surface area contributed by atoms with E-state index in [0.717, 1.165) is 57.9 Å². The summed E-state index contributed by atoms with van der Waals surface area (Å²) in [7, 11) is 0. The van der Waals surface area contributed by atoms with Gasteiger partial charge in [0.25, 0.3) is 5.56 Å². The smallest absolute Gasteiger partial charge is 0.259 e. The van der Waals surface area contributed by atoms with Gasteiger partial charge in [-0.1, -0.05) is 6.07 Å². The maximum Gasteiger partial charge on any atom is 0.259 e. The van der Waals surface area contributed by atoms with Crippen LogP contribution < -0.4 is 10.5 Å². The quantitative estimate of drug-likeness (QED) is 0.811. The highest BCUT2D eigenvalue weighted by atomic mass is 16.2. The molecule has 0 bridgehead atoms. The van der Waals surface area contributed by atoms with Gasteiger partial charge in [0.15, 0.2) is 0 Å². The molecule has 7 nitrogen and oxygen atoms in total. The van der Waals surface area contributed by atoms with Crippen molar-refractivity contribution in [3.05, 3.63) is 40.8 Å². The maximum atomic E-state index is 12.3. The fraction of sp³-hybridized carbons (Fsp3) is 0.500. The van der Waals surface area contributed by atoms with Crippen molar-refractivity contribution in [1.82, 2.24) is 19.2 Å². The zero-order chi connectivity index (χ0) is 17.2. The minimum Gasteiger partial charge on any atom is -0.354 e. The van der Waals surface area contributed by atoms with Gasteiger partial charge in [0.2, 0.25) is 5.91 Å². The standard InChI is InChI=1S/C18H23N5O2/c24-17-13-16(19-15-5-1-2-8-23(15)17)21-11-9-20(10-12-21)14-18(25)22-6-3-4-7-22/h1-2,5,8,13H,3-4,6-7,9-12,14H2. The van der Waals surface area contributed by atoms with E-state index in [1.165, 1.54) is 0 Å². The number of piperazine rings is 1. The highest BCUT2D eigenvalue weighted by Crippen LogP contribution is 2.14. The van der Waals surface area contributed by atoms with Crippen LogP contribution >= 0.6 is 0 Å². The van der Waals surface area contributed by atoms with E-state index in [1.54, 1.807) is 16.7 Å². The summed E-state index contributed by atoms with van der Waals surface area (Å²) in [6.45, 7) is 5.51. The third-order valence-corrected chi connectivity index (χ3v) is 5.07. The molecule has 4 heterocycles. The molecule has 0 aliphatic carbocycles. The van der Waals surface area contributed by atoms with E-state index < -0.39 is 0 Å². The SMILES string of the molecule is O=C(CN1CCN(c2cc(=O)n3ccccc3n2)CC1)N1CCCC1. The molecule has 4 rings (SSSR count). The molecule has 1 amide bonds. The highest BCUT2D eigenvalue weighted by molar-refractivity contribution is 5.78.